The summed E-state index contributed by atoms with van der Waals surface area (Å²) >= 11 is 0. The highest BCUT2D eigenvalue weighted by Gasteiger charge is 2.10. The molecule has 0 radical (unpaired) electrons. The first-order chi connectivity index (χ1) is 7.76. The molecular weight excluding hydrogens is 210 g/mol. The first-order valence-corrected chi connectivity index (χ1v) is 6.73. The third-order valence-corrected chi connectivity index (χ3v) is 2.98. The second kappa shape index (κ2) is 7.57. The van der Waals surface area contributed by atoms with Gasteiger partial charge in [-0.15, -0.1) is 0 Å². The van der Waals surface area contributed by atoms with E-state index in [0.29, 0.717) is 17.4 Å². The van der Waals surface area contributed by atoms with Crippen LogP contribution in [0.4, 0.5) is 0 Å². The van der Waals surface area contributed by atoms with E-state index in [-0.39, 0.29) is 0 Å². The Morgan fingerprint density at radius 1 is 1.18 bits per heavy atom. The van der Waals surface area contributed by atoms with Crippen molar-refractivity contribution < 1.29 is 0 Å². The standard InChI is InChI=1S/C14H31N3/c1-11(2)12(3)17-13(15-7)16-10-8-9-14(4,5)6/h11-12H,8-10H2,1-7H3,(H2,15,16,17). The Kier molecular flexibility index (Phi) is 7.24. The van der Waals surface area contributed by atoms with Crippen LogP contribution in [0.15, 0.2) is 4.99 Å². The average Bonchev–Trinajstić information content (AvgIpc) is 2.20. The largest absolute Gasteiger partial charge is 0.356 e. The van der Waals surface area contributed by atoms with Gasteiger partial charge in [0.25, 0.3) is 0 Å². The SMILES string of the molecule is CN=C(NCCCC(C)(C)C)NC(C)C(C)C. The second-order valence-electron chi connectivity index (χ2n) is 6.34. The van der Waals surface area contributed by atoms with Crippen molar-refractivity contribution in [3.8, 4) is 0 Å². The Morgan fingerprint density at radius 3 is 2.18 bits per heavy atom. The summed E-state index contributed by atoms with van der Waals surface area (Å²) in [5.41, 5.74) is 0.420. The summed E-state index contributed by atoms with van der Waals surface area (Å²) in [5, 5.41) is 6.77. The molecule has 17 heavy (non-hydrogen) atoms. The van der Waals surface area contributed by atoms with E-state index in [4.69, 9.17) is 0 Å². The number of rotatable bonds is 5. The van der Waals surface area contributed by atoms with E-state index >= 15 is 0 Å². The number of aliphatic imine (C=N–C) groups is 1. The first-order valence-electron chi connectivity index (χ1n) is 6.73. The molecule has 0 saturated heterocycles. The average molecular weight is 241 g/mol. The second-order valence-corrected chi connectivity index (χ2v) is 6.34. The third-order valence-electron chi connectivity index (χ3n) is 2.98. The van der Waals surface area contributed by atoms with Crippen molar-refractivity contribution in [1.29, 1.82) is 0 Å². The lowest BCUT2D eigenvalue weighted by Gasteiger charge is -2.22. The van der Waals surface area contributed by atoms with E-state index < -0.39 is 0 Å². The third kappa shape index (κ3) is 9.02. The highest BCUT2D eigenvalue weighted by molar-refractivity contribution is 5.79. The fourth-order valence-electron chi connectivity index (χ4n) is 1.40. The molecule has 0 heterocycles. The molecule has 0 aliphatic rings. The molecule has 0 aliphatic heterocycles. The van der Waals surface area contributed by atoms with Gasteiger partial charge in [0.1, 0.15) is 0 Å². The van der Waals surface area contributed by atoms with E-state index in [2.05, 4.69) is 57.2 Å². The van der Waals surface area contributed by atoms with E-state index in [1.54, 1.807) is 0 Å². The Morgan fingerprint density at radius 2 is 1.76 bits per heavy atom. The molecule has 0 fully saturated rings. The summed E-state index contributed by atoms with van der Waals surface area (Å²) in [5.74, 6) is 1.53. The van der Waals surface area contributed by atoms with Crippen LogP contribution in [0.2, 0.25) is 0 Å². The fraction of sp³-hybridized carbons (Fsp3) is 0.929. The van der Waals surface area contributed by atoms with Gasteiger partial charge in [-0.1, -0.05) is 34.6 Å². The van der Waals surface area contributed by atoms with Crippen LogP contribution in [0.25, 0.3) is 0 Å². The minimum Gasteiger partial charge on any atom is -0.356 e. The van der Waals surface area contributed by atoms with Crippen LogP contribution in [-0.2, 0) is 0 Å². The van der Waals surface area contributed by atoms with Crippen LogP contribution < -0.4 is 10.6 Å². The number of guanidine groups is 1. The number of nitrogens with one attached hydrogen (secondary N) is 2. The molecular formula is C14H31N3. The molecule has 0 saturated carbocycles. The van der Waals surface area contributed by atoms with Gasteiger partial charge >= 0.3 is 0 Å². The summed E-state index contributed by atoms with van der Waals surface area (Å²) in [6, 6.07) is 0.448. The Hall–Kier alpha value is -0.730. The van der Waals surface area contributed by atoms with Crippen molar-refractivity contribution >= 4 is 5.96 Å². The lowest BCUT2D eigenvalue weighted by Crippen LogP contribution is -2.44. The molecule has 3 nitrogen and oxygen atoms in total. The van der Waals surface area contributed by atoms with Gasteiger partial charge in [0.2, 0.25) is 0 Å². The smallest absolute Gasteiger partial charge is 0.191 e. The highest BCUT2D eigenvalue weighted by Crippen LogP contribution is 2.19. The zero-order valence-electron chi connectivity index (χ0n) is 12.7. The van der Waals surface area contributed by atoms with Crippen LogP contribution in [0.5, 0.6) is 0 Å². The molecule has 0 bridgehead atoms. The van der Waals surface area contributed by atoms with Gasteiger partial charge in [-0.05, 0) is 31.1 Å². The lowest BCUT2D eigenvalue weighted by atomic mass is 9.91. The van der Waals surface area contributed by atoms with E-state index in [9.17, 15) is 0 Å². The zero-order chi connectivity index (χ0) is 13.5. The van der Waals surface area contributed by atoms with Crippen LogP contribution in [-0.4, -0.2) is 25.6 Å². The monoisotopic (exact) mass is 241 g/mol. The van der Waals surface area contributed by atoms with Crippen molar-refractivity contribution in [1.82, 2.24) is 10.6 Å². The van der Waals surface area contributed by atoms with E-state index in [1.165, 1.54) is 12.8 Å². The van der Waals surface area contributed by atoms with Crippen molar-refractivity contribution in [2.75, 3.05) is 13.6 Å². The van der Waals surface area contributed by atoms with Gasteiger partial charge in [0.05, 0.1) is 0 Å². The first kappa shape index (κ1) is 16.3. The minimum absolute atomic E-state index is 0.420. The molecule has 1 atom stereocenters. The van der Waals surface area contributed by atoms with Crippen LogP contribution in [0, 0.1) is 11.3 Å². The molecule has 0 spiro atoms. The molecule has 0 aromatic carbocycles. The lowest BCUT2D eigenvalue weighted by molar-refractivity contribution is 0.365. The summed E-state index contributed by atoms with van der Waals surface area (Å²) < 4.78 is 0. The maximum absolute atomic E-state index is 4.24. The summed E-state index contributed by atoms with van der Waals surface area (Å²) in [7, 11) is 1.83. The minimum atomic E-state index is 0.420. The zero-order valence-corrected chi connectivity index (χ0v) is 12.7. The molecule has 2 N–H and O–H groups in total. The molecule has 0 aromatic rings. The van der Waals surface area contributed by atoms with Gasteiger partial charge in [-0.3, -0.25) is 4.99 Å². The molecule has 0 aliphatic carbocycles. The van der Waals surface area contributed by atoms with Gasteiger partial charge in [0.15, 0.2) is 5.96 Å². The topological polar surface area (TPSA) is 36.4 Å². The van der Waals surface area contributed by atoms with Crippen LogP contribution in [0.1, 0.15) is 54.4 Å². The predicted octanol–water partition coefficient (Wildman–Crippen LogP) is 3.02. The molecule has 0 aromatic heterocycles. The molecule has 3 heteroatoms. The summed E-state index contributed by atoms with van der Waals surface area (Å²) in [6.45, 7) is 14.4. The Bertz CT molecular complexity index is 226. The summed E-state index contributed by atoms with van der Waals surface area (Å²) in [6.07, 6.45) is 2.41. The van der Waals surface area contributed by atoms with Crippen molar-refractivity contribution in [2.45, 2.75) is 60.4 Å². The van der Waals surface area contributed by atoms with Crippen LogP contribution in [0.3, 0.4) is 0 Å². The van der Waals surface area contributed by atoms with E-state index in [0.717, 1.165) is 12.5 Å². The summed E-state index contributed by atoms with van der Waals surface area (Å²) in [4.78, 5) is 4.24. The van der Waals surface area contributed by atoms with Crippen molar-refractivity contribution in [3.05, 3.63) is 0 Å². The molecule has 102 valence electrons. The van der Waals surface area contributed by atoms with Gasteiger partial charge in [0, 0.05) is 19.6 Å². The maximum Gasteiger partial charge on any atom is 0.191 e. The number of hydrogen-bond acceptors (Lipinski definition) is 1. The Labute approximate surface area is 107 Å². The number of nitrogens with zero attached hydrogens (tertiary/aromatic N) is 1. The molecule has 1 unspecified atom stereocenters. The molecule has 0 rings (SSSR count). The van der Waals surface area contributed by atoms with Gasteiger partial charge < -0.3 is 10.6 Å². The van der Waals surface area contributed by atoms with Gasteiger partial charge in [-0.2, -0.15) is 0 Å². The van der Waals surface area contributed by atoms with E-state index in [1.807, 2.05) is 7.05 Å². The highest BCUT2D eigenvalue weighted by atomic mass is 15.2. The fourth-order valence-corrected chi connectivity index (χ4v) is 1.40. The van der Waals surface area contributed by atoms with Crippen LogP contribution >= 0.6 is 0 Å². The normalized spacial score (nSPS) is 14.9. The van der Waals surface area contributed by atoms with Crippen molar-refractivity contribution in [3.63, 3.8) is 0 Å². The molecule has 0 amide bonds. The van der Waals surface area contributed by atoms with Crippen molar-refractivity contribution in [2.24, 2.45) is 16.3 Å². The quantitative estimate of drug-likeness (QED) is 0.441. The number of hydrogen-bond donors (Lipinski definition) is 2. The van der Waals surface area contributed by atoms with Gasteiger partial charge in [-0.25, -0.2) is 0 Å². The maximum atomic E-state index is 4.24. The Balaban J connectivity index is 3.85. The predicted molar refractivity (Wildman–Crippen MR) is 77.5 cm³/mol.